The van der Waals surface area contributed by atoms with Gasteiger partial charge in [0.05, 0.1) is 10.9 Å². The smallest absolute Gasteiger partial charge is 0.0705 e. The highest BCUT2D eigenvalue weighted by atomic mass is 35.5. The van der Waals surface area contributed by atoms with Gasteiger partial charge in [-0.3, -0.25) is 4.98 Å². The number of rotatable bonds is 3. The molecule has 0 bridgehead atoms. The first-order valence-corrected chi connectivity index (χ1v) is 7.70. The van der Waals surface area contributed by atoms with E-state index in [1.54, 1.807) is 0 Å². The lowest BCUT2D eigenvalue weighted by Gasteiger charge is -2.13. The van der Waals surface area contributed by atoms with E-state index in [0.717, 1.165) is 27.7 Å². The number of halogens is 2. The molecule has 3 aromatic rings. The third-order valence-corrected chi connectivity index (χ3v) is 4.25. The van der Waals surface area contributed by atoms with E-state index in [9.17, 15) is 0 Å². The molecule has 0 spiro atoms. The Hall–Kier alpha value is -1.57. The summed E-state index contributed by atoms with van der Waals surface area (Å²) in [5.74, 6) is 0. The van der Waals surface area contributed by atoms with Crippen molar-refractivity contribution in [3.05, 3.63) is 76.4 Å². The summed E-state index contributed by atoms with van der Waals surface area (Å²) < 4.78 is 0. The molecular weight excluding hydrogens is 301 g/mol. The molecule has 21 heavy (non-hydrogen) atoms. The Morgan fingerprint density at radius 3 is 2.71 bits per heavy atom. The number of fused-ring (bicyclic) bond motifs is 1. The van der Waals surface area contributed by atoms with E-state index in [1.165, 1.54) is 0 Å². The number of hydrogen-bond donors (Lipinski definition) is 0. The van der Waals surface area contributed by atoms with Crippen LogP contribution in [0.5, 0.6) is 0 Å². The third-order valence-electron chi connectivity index (χ3n) is 3.62. The Morgan fingerprint density at radius 2 is 1.86 bits per heavy atom. The van der Waals surface area contributed by atoms with E-state index in [-0.39, 0.29) is 5.38 Å². The minimum atomic E-state index is -0.127. The maximum Gasteiger partial charge on any atom is 0.0705 e. The lowest BCUT2D eigenvalue weighted by atomic mass is 10.0. The minimum Gasteiger partial charge on any atom is -0.253 e. The van der Waals surface area contributed by atoms with Crippen molar-refractivity contribution < 1.29 is 0 Å². The topological polar surface area (TPSA) is 12.9 Å². The lowest BCUT2D eigenvalue weighted by molar-refractivity contribution is 0.880. The summed E-state index contributed by atoms with van der Waals surface area (Å²) >= 11 is 12.6. The standard InChI is InChI=1S/C18H15Cl2N/c1-12-6-8-14(19)10-16(12)17(20)11-15-9-7-13-4-2-3-5-18(13)21-15/h2-10,17H,11H2,1H3. The van der Waals surface area contributed by atoms with Crippen LogP contribution in [0.25, 0.3) is 10.9 Å². The van der Waals surface area contributed by atoms with Gasteiger partial charge in [0, 0.05) is 22.5 Å². The van der Waals surface area contributed by atoms with Crippen LogP contribution in [0, 0.1) is 6.92 Å². The first-order chi connectivity index (χ1) is 10.1. The van der Waals surface area contributed by atoms with E-state index in [1.807, 2.05) is 42.5 Å². The molecule has 1 aromatic heterocycles. The number of aromatic nitrogens is 1. The van der Waals surface area contributed by atoms with Gasteiger partial charge in [-0.15, -0.1) is 11.6 Å². The summed E-state index contributed by atoms with van der Waals surface area (Å²) in [6.45, 7) is 2.05. The molecule has 1 atom stereocenters. The van der Waals surface area contributed by atoms with Crippen molar-refractivity contribution in [2.24, 2.45) is 0 Å². The van der Waals surface area contributed by atoms with E-state index >= 15 is 0 Å². The third kappa shape index (κ3) is 3.20. The molecule has 0 aliphatic rings. The SMILES string of the molecule is Cc1ccc(Cl)cc1C(Cl)Cc1ccc2ccccc2n1. The quantitative estimate of drug-likeness (QED) is 0.563. The van der Waals surface area contributed by atoms with Crippen molar-refractivity contribution >= 4 is 34.1 Å². The number of hydrogen-bond acceptors (Lipinski definition) is 1. The molecular formula is C18H15Cl2N. The highest BCUT2D eigenvalue weighted by Gasteiger charge is 2.13. The van der Waals surface area contributed by atoms with Gasteiger partial charge in [-0.1, -0.05) is 41.9 Å². The first-order valence-electron chi connectivity index (χ1n) is 6.88. The normalized spacial score (nSPS) is 12.5. The number of pyridine rings is 1. The summed E-state index contributed by atoms with van der Waals surface area (Å²) in [5.41, 5.74) is 4.22. The maximum atomic E-state index is 6.57. The van der Waals surface area contributed by atoms with Gasteiger partial charge in [0.15, 0.2) is 0 Å². The molecule has 0 aliphatic carbocycles. The number of aryl methyl sites for hydroxylation is 1. The summed E-state index contributed by atoms with van der Waals surface area (Å²) in [5, 5.41) is 1.73. The summed E-state index contributed by atoms with van der Waals surface area (Å²) in [4.78, 5) is 4.68. The molecule has 0 aliphatic heterocycles. The van der Waals surface area contributed by atoms with Crippen LogP contribution in [0.2, 0.25) is 5.02 Å². The molecule has 0 fully saturated rings. The zero-order valence-corrected chi connectivity index (χ0v) is 13.2. The van der Waals surface area contributed by atoms with Gasteiger partial charge in [0.25, 0.3) is 0 Å². The molecule has 1 heterocycles. The number of alkyl halides is 1. The fourth-order valence-electron chi connectivity index (χ4n) is 2.46. The Labute approximate surface area is 134 Å². The van der Waals surface area contributed by atoms with Crippen molar-refractivity contribution in [3.8, 4) is 0 Å². The molecule has 3 heteroatoms. The molecule has 2 aromatic carbocycles. The van der Waals surface area contributed by atoms with Crippen LogP contribution in [0.1, 0.15) is 22.2 Å². The Balaban J connectivity index is 1.88. The van der Waals surface area contributed by atoms with Crippen molar-refractivity contribution in [3.63, 3.8) is 0 Å². The predicted octanol–water partition coefficient (Wildman–Crippen LogP) is 5.72. The zero-order valence-electron chi connectivity index (χ0n) is 11.7. The fraction of sp³-hybridized carbons (Fsp3) is 0.167. The van der Waals surface area contributed by atoms with E-state index in [2.05, 4.69) is 24.0 Å². The predicted molar refractivity (Wildman–Crippen MR) is 90.2 cm³/mol. The Bertz CT molecular complexity index is 783. The molecule has 0 saturated carbocycles. The van der Waals surface area contributed by atoms with Crippen LogP contribution >= 0.6 is 23.2 Å². The summed E-state index contributed by atoms with van der Waals surface area (Å²) in [6.07, 6.45) is 0.688. The largest absolute Gasteiger partial charge is 0.253 e. The molecule has 106 valence electrons. The van der Waals surface area contributed by atoms with Gasteiger partial charge >= 0.3 is 0 Å². The van der Waals surface area contributed by atoms with E-state index in [4.69, 9.17) is 23.2 Å². The van der Waals surface area contributed by atoms with Crippen LogP contribution in [-0.2, 0) is 6.42 Å². The molecule has 3 rings (SSSR count). The number of nitrogens with zero attached hydrogens (tertiary/aromatic N) is 1. The van der Waals surface area contributed by atoms with Crippen molar-refractivity contribution in [1.82, 2.24) is 4.98 Å². The zero-order chi connectivity index (χ0) is 14.8. The second-order valence-electron chi connectivity index (χ2n) is 5.17. The average molecular weight is 316 g/mol. The number of benzene rings is 2. The van der Waals surface area contributed by atoms with Gasteiger partial charge in [0.2, 0.25) is 0 Å². The van der Waals surface area contributed by atoms with Crippen LogP contribution < -0.4 is 0 Å². The molecule has 0 saturated heterocycles. The van der Waals surface area contributed by atoms with Crippen molar-refractivity contribution in [2.45, 2.75) is 18.7 Å². The Morgan fingerprint density at radius 1 is 1.05 bits per heavy atom. The van der Waals surface area contributed by atoms with Gasteiger partial charge in [-0.05, 0) is 42.3 Å². The van der Waals surface area contributed by atoms with Crippen molar-refractivity contribution in [2.75, 3.05) is 0 Å². The second-order valence-corrected chi connectivity index (χ2v) is 6.13. The van der Waals surface area contributed by atoms with Gasteiger partial charge in [0.1, 0.15) is 0 Å². The van der Waals surface area contributed by atoms with Crippen LogP contribution in [0.4, 0.5) is 0 Å². The lowest BCUT2D eigenvalue weighted by Crippen LogP contribution is -2.00. The van der Waals surface area contributed by atoms with Gasteiger partial charge < -0.3 is 0 Å². The highest BCUT2D eigenvalue weighted by molar-refractivity contribution is 6.30. The van der Waals surface area contributed by atoms with Gasteiger partial charge in [-0.25, -0.2) is 0 Å². The van der Waals surface area contributed by atoms with Crippen molar-refractivity contribution in [1.29, 1.82) is 0 Å². The van der Waals surface area contributed by atoms with E-state index in [0.29, 0.717) is 11.4 Å². The number of para-hydroxylation sites is 1. The monoisotopic (exact) mass is 315 g/mol. The highest BCUT2D eigenvalue weighted by Crippen LogP contribution is 2.29. The average Bonchev–Trinajstić information content (AvgIpc) is 2.49. The molecule has 0 radical (unpaired) electrons. The molecule has 1 unspecified atom stereocenters. The second kappa shape index (κ2) is 6.05. The summed E-state index contributed by atoms with van der Waals surface area (Å²) in [7, 11) is 0. The summed E-state index contributed by atoms with van der Waals surface area (Å²) in [6, 6.07) is 18.1. The van der Waals surface area contributed by atoms with Gasteiger partial charge in [-0.2, -0.15) is 0 Å². The Kier molecular flexibility index (Phi) is 4.14. The van der Waals surface area contributed by atoms with Crippen LogP contribution in [0.3, 0.4) is 0 Å². The molecule has 0 N–H and O–H groups in total. The van der Waals surface area contributed by atoms with Crippen LogP contribution in [0.15, 0.2) is 54.6 Å². The molecule has 1 nitrogen and oxygen atoms in total. The fourth-order valence-corrected chi connectivity index (χ4v) is 3.04. The maximum absolute atomic E-state index is 6.57. The minimum absolute atomic E-state index is 0.127. The van der Waals surface area contributed by atoms with E-state index < -0.39 is 0 Å². The first kappa shape index (κ1) is 14.4. The van der Waals surface area contributed by atoms with Crippen LogP contribution in [-0.4, -0.2) is 4.98 Å². The molecule has 0 amide bonds.